The van der Waals surface area contributed by atoms with Crippen LogP contribution in [0.25, 0.3) is 0 Å². The van der Waals surface area contributed by atoms with Gasteiger partial charge in [0.25, 0.3) is 0 Å². The predicted molar refractivity (Wildman–Crippen MR) is 54.8 cm³/mol. The van der Waals surface area contributed by atoms with Gasteiger partial charge in [0.05, 0.1) is 6.54 Å². The molecule has 0 aromatic carbocycles. The van der Waals surface area contributed by atoms with E-state index in [1.165, 1.54) is 25.7 Å². The molecule has 0 spiro atoms. The number of ketones is 1. The summed E-state index contributed by atoms with van der Waals surface area (Å²) in [5.74, 6) is 0.383. The normalized spacial score (nSPS) is 17.9. The Morgan fingerprint density at radius 2 is 2.08 bits per heavy atom. The predicted octanol–water partition coefficient (Wildman–Crippen LogP) is 2.28. The molecule has 0 heterocycles. The molecule has 1 aliphatic rings. The Morgan fingerprint density at radius 1 is 1.38 bits per heavy atom. The van der Waals surface area contributed by atoms with E-state index in [0.29, 0.717) is 18.4 Å². The van der Waals surface area contributed by atoms with Crippen LogP contribution in [0.3, 0.4) is 0 Å². The molecular weight excluding hydrogens is 162 g/mol. The summed E-state index contributed by atoms with van der Waals surface area (Å²) >= 11 is 0. The lowest BCUT2D eigenvalue weighted by molar-refractivity contribution is -0.118. The molecule has 1 saturated carbocycles. The van der Waals surface area contributed by atoms with Gasteiger partial charge in [-0.05, 0) is 19.3 Å². The zero-order valence-electron chi connectivity index (χ0n) is 8.64. The molecule has 0 aromatic heterocycles. The van der Waals surface area contributed by atoms with Crippen LogP contribution in [-0.4, -0.2) is 18.4 Å². The standard InChI is InChI=1S/C11H21NO/c1-2-3-8-11(13)9-12-10-6-4-5-7-10/h10,12H,2-9H2,1H3. The van der Waals surface area contributed by atoms with E-state index in [0.717, 1.165) is 19.3 Å². The third-order valence-electron chi connectivity index (χ3n) is 2.75. The molecular formula is C11H21NO. The highest BCUT2D eigenvalue weighted by Gasteiger charge is 2.14. The minimum absolute atomic E-state index is 0.383. The number of carbonyl (C=O) groups is 1. The summed E-state index contributed by atoms with van der Waals surface area (Å²) < 4.78 is 0. The fourth-order valence-electron chi connectivity index (χ4n) is 1.85. The Balaban J connectivity index is 2.00. The lowest BCUT2D eigenvalue weighted by Gasteiger charge is -2.10. The first kappa shape index (κ1) is 10.7. The molecule has 0 bridgehead atoms. The van der Waals surface area contributed by atoms with Gasteiger partial charge in [-0.15, -0.1) is 0 Å². The van der Waals surface area contributed by atoms with Gasteiger partial charge in [0, 0.05) is 12.5 Å². The molecule has 2 nitrogen and oxygen atoms in total. The summed E-state index contributed by atoms with van der Waals surface area (Å²) in [6.07, 6.45) is 8.13. The number of rotatable bonds is 6. The van der Waals surface area contributed by atoms with E-state index in [9.17, 15) is 4.79 Å². The van der Waals surface area contributed by atoms with Crippen molar-refractivity contribution in [2.45, 2.75) is 57.9 Å². The van der Waals surface area contributed by atoms with Crippen molar-refractivity contribution < 1.29 is 4.79 Å². The SMILES string of the molecule is CCCCC(=O)CNC1CCCC1. The molecule has 0 radical (unpaired) electrons. The Morgan fingerprint density at radius 3 is 2.69 bits per heavy atom. The molecule has 0 amide bonds. The molecule has 1 N–H and O–H groups in total. The highest BCUT2D eigenvalue weighted by Crippen LogP contribution is 2.17. The number of nitrogens with one attached hydrogen (secondary N) is 1. The van der Waals surface area contributed by atoms with Gasteiger partial charge in [-0.25, -0.2) is 0 Å². The Bertz CT molecular complexity index is 150. The summed E-state index contributed by atoms with van der Waals surface area (Å²) in [4.78, 5) is 11.3. The van der Waals surface area contributed by atoms with Crippen LogP contribution < -0.4 is 5.32 Å². The van der Waals surface area contributed by atoms with E-state index >= 15 is 0 Å². The zero-order chi connectivity index (χ0) is 9.52. The number of Topliss-reactive ketones (excluding diaryl/α,β-unsaturated/α-hetero) is 1. The van der Waals surface area contributed by atoms with Crippen LogP contribution >= 0.6 is 0 Å². The maximum Gasteiger partial charge on any atom is 0.146 e. The average Bonchev–Trinajstić information content (AvgIpc) is 2.64. The van der Waals surface area contributed by atoms with Gasteiger partial charge in [-0.2, -0.15) is 0 Å². The molecule has 2 heteroatoms. The van der Waals surface area contributed by atoms with Gasteiger partial charge >= 0.3 is 0 Å². The van der Waals surface area contributed by atoms with Crippen molar-refractivity contribution in [3.8, 4) is 0 Å². The molecule has 76 valence electrons. The van der Waals surface area contributed by atoms with Gasteiger partial charge in [0.1, 0.15) is 5.78 Å². The lowest BCUT2D eigenvalue weighted by atomic mass is 10.1. The molecule has 1 fully saturated rings. The van der Waals surface area contributed by atoms with Crippen LogP contribution in [0.2, 0.25) is 0 Å². The monoisotopic (exact) mass is 183 g/mol. The molecule has 1 rings (SSSR count). The Hall–Kier alpha value is -0.370. The molecule has 0 aromatic rings. The second-order valence-electron chi connectivity index (χ2n) is 4.00. The molecule has 0 unspecified atom stereocenters. The average molecular weight is 183 g/mol. The minimum Gasteiger partial charge on any atom is -0.307 e. The zero-order valence-corrected chi connectivity index (χ0v) is 8.64. The first-order valence-corrected chi connectivity index (χ1v) is 5.58. The van der Waals surface area contributed by atoms with E-state index in [-0.39, 0.29) is 0 Å². The minimum atomic E-state index is 0.383. The fourth-order valence-corrected chi connectivity index (χ4v) is 1.85. The summed E-state index contributed by atoms with van der Waals surface area (Å²) in [6.45, 7) is 2.72. The van der Waals surface area contributed by atoms with Crippen molar-refractivity contribution in [1.82, 2.24) is 5.32 Å². The first-order valence-electron chi connectivity index (χ1n) is 5.58. The number of carbonyl (C=O) groups excluding carboxylic acids is 1. The van der Waals surface area contributed by atoms with Crippen molar-refractivity contribution in [3.63, 3.8) is 0 Å². The highest BCUT2D eigenvalue weighted by atomic mass is 16.1. The van der Waals surface area contributed by atoms with E-state index in [1.807, 2.05) is 0 Å². The van der Waals surface area contributed by atoms with Gasteiger partial charge < -0.3 is 5.32 Å². The van der Waals surface area contributed by atoms with Gasteiger partial charge in [0.2, 0.25) is 0 Å². The van der Waals surface area contributed by atoms with Crippen molar-refractivity contribution in [1.29, 1.82) is 0 Å². The van der Waals surface area contributed by atoms with Crippen molar-refractivity contribution in [2.24, 2.45) is 0 Å². The van der Waals surface area contributed by atoms with Crippen LogP contribution in [0.4, 0.5) is 0 Å². The van der Waals surface area contributed by atoms with Crippen LogP contribution in [0.15, 0.2) is 0 Å². The van der Waals surface area contributed by atoms with Crippen LogP contribution in [-0.2, 0) is 4.79 Å². The van der Waals surface area contributed by atoms with Crippen molar-refractivity contribution in [2.75, 3.05) is 6.54 Å². The maximum absolute atomic E-state index is 11.3. The summed E-state index contributed by atoms with van der Waals surface area (Å²) in [6, 6.07) is 0.630. The van der Waals surface area contributed by atoms with Crippen LogP contribution in [0.5, 0.6) is 0 Å². The van der Waals surface area contributed by atoms with Crippen LogP contribution in [0, 0.1) is 0 Å². The highest BCUT2D eigenvalue weighted by molar-refractivity contribution is 5.80. The Labute approximate surface area is 81.1 Å². The lowest BCUT2D eigenvalue weighted by Crippen LogP contribution is -2.31. The van der Waals surface area contributed by atoms with E-state index in [4.69, 9.17) is 0 Å². The van der Waals surface area contributed by atoms with Crippen molar-refractivity contribution in [3.05, 3.63) is 0 Å². The topological polar surface area (TPSA) is 29.1 Å². The molecule has 0 aliphatic heterocycles. The summed E-state index contributed by atoms with van der Waals surface area (Å²) in [5.41, 5.74) is 0. The van der Waals surface area contributed by atoms with Crippen LogP contribution in [0.1, 0.15) is 51.9 Å². The second kappa shape index (κ2) is 6.14. The van der Waals surface area contributed by atoms with Gasteiger partial charge in [0.15, 0.2) is 0 Å². The first-order chi connectivity index (χ1) is 6.33. The summed E-state index contributed by atoms with van der Waals surface area (Å²) in [7, 11) is 0. The van der Waals surface area contributed by atoms with Gasteiger partial charge in [-0.3, -0.25) is 4.79 Å². The van der Waals surface area contributed by atoms with Gasteiger partial charge in [-0.1, -0.05) is 26.2 Å². The number of unbranched alkanes of at least 4 members (excludes halogenated alkanes) is 1. The van der Waals surface area contributed by atoms with Crippen molar-refractivity contribution >= 4 is 5.78 Å². The molecule has 0 atom stereocenters. The number of hydrogen-bond acceptors (Lipinski definition) is 2. The maximum atomic E-state index is 11.3. The van der Waals surface area contributed by atoms with E-state index in [2.05, 4.69) is 12.2 Å². The molecule has 1 aliphatic carbocycles. The summed E-state index contributed by atoms with van der Waals surface area (Å²) in [5, 5.41) is 3.34. The largest absolute Gasteiger partial charge is 0.307 e. The third-order valence-corrected chi connectivity index (χ3v) is 2.75. The second-order valence-corrected chi connectivity index (χ2v) is 4.00. The third kappa shape index (κ3) is 4.41. The molecule has 0 saturated heterocycles. The molecule has 13 heavy (non-hydrogen) atoms. The van der Waals surface area contributed by atoms with E-state index < -0.39 is 0 Å². The smallest absolute Gasteiger partial charge is 0.146 e. The fraction of sp³-hybridized carbons (Fsp3) is 0.909. The quantitative estimate of drug-likeness (QED) is 0.684. The Kier molecular flexibility index (Phi) is 5.06. The van der Waals surface area contributed by atoms with E-state index in [1.54, 1.807) is 0 Å². The number of hydrogen-bond donors (Lipinski definition) is 1.